The SMILES string of the molecule is CCC(C#N)NC1CCN(C)CC1. The summed E-state index contributed by atoms with van der Waals surface area (Å²) >= 11 is 0. The van der Waals surface area contributed by atoms with E-state index in [9.17, 15) is 0 Å². The van der Waals surface area contributed by atoms with Crippen LogP contribution in [0.15, 0.2) is 0 Å². The van der Waals surface area contributed by atoms with Crippen LogP contribution in [0.25, 0.3) is 0 Å². The van der Waals surface area contributed by atoms with Gasteiger partial charge in [-0.25, -0.2) is 0 Å². The van der Waals surface area contributed by atoms with Crippen LogP contribution in [0.3, 0.4) is 0 Å². The Morgan fingerprint density at radius 1 is 1.54 bits per heavy atom. The molecule has 0 radical (unpaired) electrons. The Labute approximate surface area is 80.7 Å². The Bertz CT molecular complexity index is 177. The van der Waals surface area contributed by atoms with Gasteiger partial charge in [-0.1, -0.05) is 6.92 Å². The second-order valence-electron chi connectivity index (χ2n) is 3.83. The van der Waals surface area contributed by atoms with Crippen molar-refractivity contribution in [3.05, 3.63) is 0 Å². The van der Waals surface area contributed by atoms with Crippen molar-refractivity contribution >= 4 is 0 Å². The summed E-state index contributed by atoms with van der Waals surface area (Å²) in [7, 11) is 2.15. The molecule has 1 heterocycles. The van der Waals surface area contributed by atoms with Gasteiger partial charge in [0.2, 0.25) is 0 Å². The first-order valence-electron chi connectivity index (χ1n) is 5.10. The molecule has 1 N–H and O–H groups in total. The molecule has 0 bridgehead atoms. The van der Waals surface area contributed by atoms with Gasteiger partial charge in [-0.05, 0) is 39.4 Å². The number of hydrogen-bond acceptors (Lipinski definition) is 3. The fraction of sp³-hybridized carbons (Fsp3) is 0.900. The van der Waals surface area contributed by atoms with E-state index in [-0.39, 0.29) is 6.04 Å². The van der Waals surface area contributed by atoms with Crippen molar-refractivity contribution in [3.63, 3.8) is 0 Å². The number of piperidine rings is 1. The standard InChI is InChI=1S/C10H19N3/c1-3-9(8-11)12-10-4-6-13(2)7-5-10/h9-10,12H,3-7H2,1-2H3. The minimum absolute atomic E-state index is 0.0495. The lowest BCUT2D eigenvalue weighted by Crippen LogP contribution is -2.44. The molecule has 0 aliphatic carbocycles. The molecule has 1 atom stereocenters. The summed E-state index contributed by atoms with van der Waals surface area (Å²) in [6.45, 7) is 4.36. The fourth-order valence-electron chi connectivity index (χ4n) is 1.71. The number of rotatable bonds is 3. The van der Waals surface area contributed by atoms with Crippen molar-refractivity contribution in [3.8, 4) is 6.07 Å². The normalized spacial score (nSPS) is 22.5. The molecule has 0 aromatic carbocycles. The van der Waals surface area contributed by atoms with Crippen LogP contribution in [0.5, 0.6) is 0 Å². The Balaban J connectivity index is 2.26. The smallest absolute Gasteiger partial charge is 0.0952 e. The Hall–Kier alpha value is -0.590. The molecule has 1 unspecified atom stereocenters. The van der Waals surface area contributed by atoms with E-state index >= 15 is 0 Å². The molecule has 74 valence electrons. The zero-order valence-corrected chi connectivity index (χ0v) is 8.58. The second kappa shape index (κ2) is 5.21. The van der Waals surface area contributed by atoms with Crippen molar-refractivity contribution in [2.75, 3.05) is 20.1 Å². The predicted molar refractivity (Wildman–Crippen MR) is 53.3 cm³/mol. The lowest BCUT2D eigenvalue weighted by molar-refractivity contribution is 0.229. The molecule has 0 aromatic rings. The number of nitriles is 1. The van der Waals surface area contributed by atoms with Crippen LogP contribution >= 0.6 is 0 Å². The molecule has 1 aliphatic heterocycles. The maximum atomic E-state index is 8.79. The quantitative estimate of drug-likeness (QED) is 0.705. The first-order chi connectivity index (χ1) is 6.26. The highest BCUT2D eigenvalue weighted by molar-refractivity contribution is 4.91. The van der Waals surface area contributed by atoms with Crippen molar-refractivity contribution in [2.45, 2.75) is 38.3 Å². The van der Waals surface area contributed by atoms with Gasteiger partial charge >= 0.3 is 0 Å². The molecule has 3 nitrogen and oxygen atoms in total. The highest BCUT2D eigenvalue weighted by atomic mass is 15.1. The van der Waals surface area contributed by atoms with Crippen LogP contribution in [0.2, 0.25) is 0 Å². The van der Waals surface area contributed by atoms with E-state index in [0.29, 0.717) is 6.04 Å². The van der Waals surface area contributed by atoms with Crippen LogP contribution in [0.4, 0.5) is 0 Å². The Morgan fingerprint density at radius 3 is 2.62 bits per heavy atom. The van der Waals surface area contributed by atoms with Gasteiger partial charge in [-0.2, -0.15) is 5.26 Å². The summed E-state index contributed by atoms with van der Waals surface area (Å²) in [5.41, 5.74) is 0. The van der Waals surface area contributed by atoms with Gasteiger partial charge in [-0.15, -0.1) is 0 Å². The van der Waals surface area contributed by atoms with Crippen molar-refractivity contribution < 1.29 is 0 Å². The summed E-state index contributed by atoms with van der Waals surface area (Å²) < 4.78 is 0. The molecule has 0 saturated carbocycles. The number of nitrogens with zero attached hydrogens (tertiary/aromatic N) is 2. The molecule has 1 aliphatic rings. The molecule has 0 spiro atoms. The average Bonchev–Trinajstić information content (AvgIpc) is 2.17. The van der Waals surface area contributed by atoms with E-state index in [1.54, 1.807) is 0 Å². The molecule has 0 amide bonds. The van der Waals surface area contributed by atoms with Crippen LogP contribution in [0, 0.1) is 11.3 Å². The van der Waals surface area contributed by atoms with Crippen molar-refractivity contribution in [2.24, 2.45) is 0 Å². The predicted octanol–water partition coefficient (Wildman–Crippen LogP) is 0.972. The van der Waals surface area contributed by atoms with Gasteiger partial charge in [0.1, 0.15) is 0 Å². The molecule has 1 saturated heterocycles. The third-order valence-corrected chi connectivity index (χ3v) is 2.72. The Kier molecular flexibility index (Phi) is 4.20. The lowest BCUT2D eigenvalue weighted by atomic mass is 10.0. The first kappa shape index (κ1) is 10.5. The van der Waals surface area contributed by atoms with Crippen molar-refractivity contribution in [1.29, 1.82) is 5.26 Å². The average molecular weight is 181 g/mol. The summed E-state index contributed by atoms with van der Waals surface area (Å²) in [5.74, 6) is 0. The minimum atomic E-state index is 0.0495. The van der Waals surface area contributed by atoms with Gasteiger partial charge in [0.25, 0.3) is 0 Å². The maximum absolute atomic E-state index is 8.79. The molecule has 13 heavy (non-hydrogen) atoms. The molecular formula is C10H19N3. The van der Waals surface area contributed by atoms with Crippen LogP contribution in [-0.4, -0.2) is 37.1 Å². The third-order valence-electron chi connectivity index (χ3n) is 2.72. The number of likely N-dealkylation sites (tertiary alicyclic amines) is 1. The van der Waals surface area contributed by atoms with Gasteiger partial charge in [0.15, 0.2) is 0 Å². The summed E-state index contributed by atoms with van der Waals surface area (Å²) in [5, 5.41) is 12.2. The van der Waals surface area contributed by atoms with Gasteiger partial charge in [0, 0.05) is 6.04 Å². The summed E-state index contributed by atoms with van der Waals surface area (Å²) in [6, 6.07) is 2.89. The monoisotopic (exact) mass is 181 g/mol. The van der Waals surface area contributed by atoms with Crippen molar-refractivity contribution in [1.82, 2.24) is 10.2 Å². The molecule has 3 heteroatoms. The van der Waals surface area contributed by atoms with Gasteiger partial charge in [0.05, 0.1) is 12.1 Å². The molecule has 1 fully saturated rings. The number of nitrogens with one attached hydrogen (secondary N) is 1. The fourth-order valence-corrected chi connectivity index (χ4v) is 1.71. The van der Waals surface area contributed by atoms with E-state index in [4.69, 9.17) is 5.26 Å². The molecule has 0 aromatic heterocycles. The summed E-state index contributed by atoms with van der Waals surface area (Å²) in [4.78, 5) is 2.34. The largest absolute Gasteiger partial charge is 0.306 e. The van der Waals surface area contributed by atoms with E-state index < -0.39 is 0 Å². The Morgan fingerprint density at radius 2 is 2.15 bits per heavy atom. The first-order valence-corrected chi connectivity index (χ1v) is 5.10. The van der Waals surface area contributed by atoms with Gasteiger partial charge < -0.3 is 4.90 Å². The minimum Gasteiger partial charge on any atom is -0.306 e. The molecular weight excluding hydrogens is 162 g/mol. The van der Waals surface area contributed by atoms with E-state index in [2.05, 4.69) is 30.3 Å². The summed E-state index contributed by atoms with van der Waals surface area (Å²) in [6.07, 6.45) is 3.26. The number of hydrogen-bond donors (Lipinski definition) is 1. The second-order valence-corrected chi connectivity index (χ2v) is 3.83. The highest BCUT2D eigenvalue weighted by Gasteiger charge is 2.18. The zero-order chi connectivity index (χ0) is 9.68. The molecule has 1 rings (SSSR count). The van der Waals surface area contributed by atoms with E-state index in [1.165, 1.54) is 12.8 Å². The van der Waals surface area contributed by atoms with Crippen LogP contribution < -0.4 is 5.32 Å². The zero-order valence-electron chi connectivity index (χ0n) is 8.58. The topological polar surface area (TPSA) is 39.1 Å². The highest BCUT2D eigenvalue weighted by Crippen LogP contribution is 2.09. The van der Waals surface area contributed by atoms with Crippen LogP contribution in [-0.2, 0) is 0 Å². The van der Waals surface area contributed by atoms with Gasteiger partial charge in [-0.3, -0.25) is 5.32 Å². The van der Waals surface area contributed by atoms with Crippen LogP contribution in [0.1, 0.15) is 26.2 Å². The lowest BCUT2D eigenvalue weighted by Gasteiger charge is -2.30. The van der Waals surface area contributed by atoms with E-state index in [1.807, 2.05) is 0 Å². The van der Waals surface area contributed by atoms with E-state index in [0.717, 1.165) is 19.5 Å². The third kappa shape index (κ3) is 3.33. The maximum Gasteiger partial charge on any atom is 0.0952 e.